The molecule has 2 N–H and O–H groups in total. The Morgan fingerprint density at radius 2 is 1.73 bits per heavy atom. The lowest BCUT2D eigenvalue weighted by molar-refractivity contribution is 0.1000. The molecule has 1 amide bonds. The average Bonchev–Trinajstić information content (AvgIpc) is 3.01. The Balaban J connectivity index is 2.12. The van der Waals surface area contributed by atoms with Crippen LogP contribution in [-0.2, 0) is 6.42 Å². The fraction of sp³-hybridized carbons (Fsp3) is 0.346. The molecule has 0 aliphatic heterocycles. The SMILES string of the molecule is CCCCCc1c(-c2cccc(Oc3ccccc3)c2)c(C(N)=O)c(C)n1C(C)C. The first kappa shape index (κ1) is 21.7. The average molecular weight is 405 g/mol. The van der Waals surface area contributed by atoms with E-state index < -0.39 is 0 Å². The Morgan fingerprint density at radius 3 is 2.37 bits per heavy atom. The first-order valence-electron chi connectivity index (χ1n) is 10.8. The molecule has 0 atom stereocenters. The van der Waals surface area contributed by atoms with Gasteiger partial charge in [0, 0.05) is 23.0 Å². The molecule has 2 aromatic carbocycles. The predicted molar refractivity (Wildman–Crippen MR) is 123 cm³/mol. The Morgan fingerprint density at radius 1 is 1.03 bits per heavy atom. The van der Waals surface area contributed by atoms with Gasteiger partial charge in [0.05, 0.1) is 5.56 Å². The second-order valence-corrected chi connectivity index (χ2v) is 8.01. The van der Waals surface area contributed by atoms with Crippen molar-refractivity contribution in [2.45, 2.75) is 59.4 Å². The summed E-state index contributed by atoms with van der Waals surface area (Å²) in [7, 11) is 0. The minimum absolute atomic E-state index is 0.247. The second-order valence-electron chi connectivity index (χ2n) is 8.01. The van der Waals surface area contributed by atoms with Crippen molar-refractivity contribution in [2.75, 3.05) is 0 Å². The summed E-state index contributed by atoms with van der Waals surface area (Å²) in [6, 6.07) is 17.9. The first-order valence-corrected chi connectivity index (χ1v) is 10.8. The number of ether oxygens (including phenoxy) is 1. The number of benzene rings is 2. The van der Waals surface area contributed by atoms with Crippen molar-refractivity contribution in [3.8, 4) is 22.6 Å². The van der Waals surface area contributed by atoms with Gasteiger partial charge in [-0.1, -0.05) is 50.1 Å². The molecule has 0 unspecified atom stereocenters. The van der Waals surface area contributed by atoms with E-state index >= 15 is 0 Å². The third kappa shape index (κ3) is 4.59. The monoisotopic (exact) mass is 404 g/mol. The summed E-state index contributed by atoms with van der Waals surface area (Å²) in [5.74, 6) is 1.14. The molecule has 30 heavy (non-hydrogen) atoms. The smallest absolute Gasteiger partial charge is 0.251 e. The van der Waals surface area contributed by atoms with Gasteiger partial charge in [0.1, 0.15) is 11.5 Å². The highest BCUT2D eigenvalue weighted by Crippen LogP contribution is 2.37. The molecule has 1 heterocycles. The molecule has 4 nitrogen and oxygen atoms in total. The van der Waals surface area contributed by atoms with Gasteiger partial charge < -0.3 is 15.0 Å². The minimum Gasteiger partial charge on any atom is -0.457 e. The third-order valence-electron chi connectivity index (χ3n) is 5.43. The van der Waals surface area contributed by atoms with E-state index in [-0.39, 0.29) is 11.9 Å². The van der Waals surface area contributed by atoms with Gasteiger partial charge in [0.25, 0.3) is 5.91 Å². The van der Waals surface area contributed by atoms with Crippen molar-refractivity contribution in [3.05, 3.63) is 71.5 Å². The summed E-state index contributed by atoms with van der Waals surface area (Å²) < 4.78 is 8.31. The van der Waals surface area contributed by atoms with Crippen LogP contribution >= 0.6 is 0 Å². The van der Waals surface area contributed by atoms with Crippen LogP contribution in [0.25, 0.3) is 11.1 Å². The summed E-state index contributed by atoms with van der Waals surface area (Å²) in [5.41, 5.74) is 10.5. The predicted octanol–water partition coefficient (Wildman–Crippen LogP) is 6.67. The van der Waals surface area contributed by atoms with E-state index in [1.807, 2.05) is 61.5 Å². The van der Waals surface area contributed by atoms with Gasteiger partial charge in [-0.05, 0) is 63.4 Å². The Hall–Kier alpha value is -3.01. The van der Waals surface area contributed by atoms with E-state index in [1.165, 1.54) is 5.69 Å². The zero-order chi connectivity index (χ0) is 21.7. The van der Waals surface area contributed by atoms with E-state index in [0.717, 1.165) is 54.0 Å². The number of hydrogen-bond acceptors (Lipinski definition) is 2. The van der Waals surface area contributed by atoms with Crippen LogP contribution in [0.3, 0.4) is 0 Å². The summed E-state index contributed by atoms with van der Waals surface area (Å²) in [6.07, 6.45) is 4.31. The molecule has 0 spiro atoms. The maximum atomic E-state index is 12.5. The molecular formula is C26H32N2O2. The van der Waals surface area contributed by atoms with Crippen LogP contribution in [0.2, 0.25) is 0 Å². The molecule has 0 fully saturated rings. The summed E-state index contributed by atoms with van der Waals surface area (Å²) in [5, 5.41) is 0. The molecule has 0 saturated carbocycles. The number of rotatable bonds is 9. The number of nitrogens with zero attached hydrogens (tertiary/aromatic N) is 1. The molecule has 4 heteroatoms. The highest BCUT2D eigenvalue weighted by molar-refractivity contribution is 6.02. The van der Waals surface area contributed by atoms with Crippen LogP contribution in [0.4, 0.5) is 0 Å². The van der Waals surface area contributed by atoms with Gasteiger partial charge in [-0.25, -0.2) is 0 Å². The molecule has 0 radical (unpaired) electrons. The van der Waals surface area contributed by atoms with Crippen LogP contribution in [0.1, 0.15) is 67.8 Å². The maximum absolute atomic E-state index is 12.5. The number of carbonyl (C=O) groups excluding carboxylic acids is 1. The number of hydrogen-bond donors (Lipinski definition) is 1. The Bertz CT molecular complexity index is 1000. The molecule has 0 bridgehead atoms. The van der Waals surface area contributed by atoms with Gasteiger partial charge in [-0.3, -0.25) is 4.79 Å². The Labute approximate surface area is 179 Å². The highest BCUT2D eigenvalue weighted by atomic mass is 16.5. The lowest BCUT2D eigenvalue weighted by Gasteiger charge is -2.17. The quantitative estimate of drug-likeness (QED) is 0.405. The van der Waals surface area contributed by atoms with Crippen LogP contribution < -0.4 is 10.5 Å². The molecule has 0 aliphatic carbocycles. The van der Waals surface area contributed by atoms with Gasteiger partial charge in [-0.15, -0.1) is 0 Å². The van der Waals surface area contributed by atoms with Crippen molar-refractivity contribution >= 4 is 5.91 Å². The fourth-order valence-corrected chi connectivity index (χ4v) is 4.21. The number of para-hydroxylation sites is 1. The van der Waals surface area contributed by atoms with Gasteiger partial charge in [-0.2, -0.15) is 0 Å². The minimum atomic E-state index is -0.381. The van der Waals surface area contributed by atoms with Crippen LogP contribution in [0.5, 0.6) is 11.5 Å². The molecule has 0 saturated heterocycles. The largest absolute Gasteiger partial charge is 0.457 e. The Kier molecular flexibility index (Phi) is 6.99. The fourth-order valence-electron chi connectivity index (χ4n) is 4.21. The van der Waals surface area contributed by atoms with Crippen LogP contribution in [0.15, 0.2) is 54.6 Å². The van der Waals surface area contributed by atoms with Gasteiger partial charge >= 0.3 is 0 Å². The van der Waals surface area contributed by atoms with Crippen molar-refractivity contribution < 1.29 is 9.53 Å². The van der Waals surface area contributed by atoms with Crippen LogP contribution in [-0.4, -0.2) is 10.5 Å². The molecule has 3 rings (SSSR count). The van der Waals surface area contributed by atoms with E-state index in [2.05, 4.69) is 25.3 Å². The number of carbonyl (C=O) groups is 1. The number of unbranched alkanes of at least 4 members (excludes halogenated alkanes) is 2. The van der Waals surface area contributed by atoms with Crippen molar-refractivity contribution in [1.29, 1.82) is 0 Å². The number of aromatic nitrogens is 1. The molecule has 3 aromatic rings. The zero-order valence-corrected chi connectivity index (χ0v) is 18.4. The normalized spacial score (nSPS) is 11.1. The summed E-state index contributed by atoms with van der Waals surface area (Å²) in [4.78, 5) is 12.5. The number of nitrogens with two attached hydrogens (primary N) is 1. The molecule has 1 aromatic heterocycles. The van der Waals surface area contributed by atoms with Crippen molar-refractivity contribution in [3.63, 3.8) is 0 Å². The van der Waals surface area contributed by atoms with E-state index in [4.69, 9.17) is 10.5 Å². The van der Waals surface area contributed by atoms with E-state index in [1.54, 1.807) is 0 Å². The molecular weight excluding hydrogens is 372 g/mol. The van der Waals surface area contributed by atoms with Gasteiger partial charge in [0.2, 0.25) is 0 Å². The molecule has 0 aliphatic rings. The zero-order valence-electron chi connectivity index (χ0n) is 18.4. The first-order chi connectivity index (χ1) is 14.4. The van der Waals surface area contributed by atoms with Gasteiger partial charge in [0.15, 0.2) is 0 Å². The summed E-state index contributed by atoms with van der Waals surface area (Å²) in [6.45, 7) is 8.50. The molecule has 158 valence electrons. The van der Waals surface area contributed by atoms with Crippen molar-refractivity contribution in [1.82, 2.24) is 4.57 Å². The van der Waals surface area contributed by atoms with E-state index in [0.29, 0.717) is 5.56 Å². The number of primary amides is 1. The lowest BCUT2D eigenvalue weighted by Crippen LogP contribution is -2.14. The third-order valence-corrected chi connectivity index (χ3v) is 5.43. The highest BCUT2D eigenvalue weighted by Gasteiger charge is 2.25. The van der Waals surface area contributed by atoms with Crippen molar-refractivity contribution in [2.24, 2.45) is 5.73 Å². The second kappa shape index (κ2) is 9.66. The van der Waals surface area contributed by atoms with Crippen LogP contribution in [0, 0.1) is 6.92 Å². The topological polar surface area (TPSA) is 57.2 Å². The maximum Gasteiger partial charge on any atom is 0.251 e. The summed E-state index contributed by atoms with van der Waals surface area (Å²) >= 11 is 0. The van der Waals surface area contributed by atoms with E-state index in [9.17, 15) is 4.79 Å². The standard InChI is InChI=1S/C26H32N2O2/c1-5-6-8-16-23-25(24(26(27)29)19(4)28(23)18(2)3)20-12-11-15-22(17-20)30-21-13-9-7-10-14-21/h7,9-15,17-18H,5-6,8,16H2,1-4H3,(H2,27,29). The lowest BCUT2D eigenvalue weighted by atomic mass is 9.97. The number of amides is 1.